The number of hydrogen-bond acceptors (Lipinski definition) is 2. The van der Waals surface area contributed by atoms with Crippen LogP contribution >= 0.6 is 0 Å². The molecule has 120 valence electrons. The van der Waals surface area contributed by atoms with Crippen LogP contribution in [0, 0.1) is 5.92 Å². The average molecular weight is 309 g/mol. The number of carbonyl (C=O) groups excluding carboxylic acids is 1. The van der Waals surface area contributed by atoms with Gasteiger partial charge in [0.15, 0.2) is 0 Å². The maximum absolute atomic E-state index is 12.1. The normalized spacial score (nSPS) is 18.6. The molecule has 3 rings (SSSR count). The fourth-order valence-electron chi connectivity index (χ4n) is 3.27. The largest absolute Gasteiger partial charge is 0.377 e. The van der Waals surface area contributed by atoms with Gasteiger partial charge in [0.2, 0.25) is 5.91 Å². The third-order valence-corrected chi connectivity index (χ3v) is 4.49. The predicted molar refractivity (Wildman–Crippen MR) is 91.0 cm³/mol. The van der Waals surface area contributed by atoms with E-state index in [2.05, 4.69) is 29.6 Å². The number of ether oxygens (including phenoxy) is 1. The minimum absolute atomic E-state index is 0.0673. The van der Waals surface area contributed by atoms with Crippen molar-refractivity contribution < 1.29 is 9.53 Å². The van der Waals surface area contributed by atoms with Gasteiger partial charge in [-0.05, 0) is 29.9 Å². The highest BCUT2D eigenvalue weighted by molar-refractivity contribution is 5.81. The summed E-state index contributed by atoms with van der Waals surface area (Å²) in [7, 11) is 0. The van der Waals surface area contributed by atoms with Gasteiger partial charge < -0.3 is 10.1 Å². The smallest absolute Gasteiger partial charge is 0.223 e. The quantitative estimate of drug-likeness (QED) is 0.795. The van der Waals surface area contributed by atoms with Crippen molar-refractivity contribution in [2.24, 2.45) is 5.92 Å². The van der Waals surface area contributed by atoms with Crippen LogP contribution in [0.15, 0.2) is 60.7 Å². The lowest BCUT2D eigenvalue weighted by Gasteiger charge is -2.22. The first-order valence-corrected chi connectivity index (χ1v) is 8.29. The lowest BCUT2D eigenvalue weighted by atomic mass is 9.83. The van der Waals surface area contributed by atoms with Gasteiger partial charge in [-0.15, -0.1) is 0 Å². The SMILES string of the molecule is O=C1NCC[C@H]1[C@@H](CCOCc1ccccc1)c1ccccc1. The van der Waals surface area contributed by atoms with Crippen molar-refractivity contribution in [3.05, 3.63) is 71.8 Å². The second kappa shape index (κ2) is 7.93. The standard InChI is InChI=1S/C20H23NO2/c22-20-19(11-13-21-20)18(17-9-5-2-6-10-17)12-14-23-15-16-7-3-1-4-8-16/h1-10,18-19H,11-15H2,(H,21,22)/t18-,19-/m0/s1. The summed E-state index contributed by atoms with van der Waals surface area (Å²) < 4.78 is 5.83. The third-order valence-electron chi connectivity index (χ3n) is 4.49. The van der Waals surface area contributed by atoms with Gasteiger partial charge >= 0.3 is 0 Å². The van der Waals surface area contributed by atoms with Crippen LogP contribution < -0.4 is 5.32 Å². The van der Waals surface area contributed by atoms with Crippen molar-refractivity contribution >= 4 is 5.91 Å². The molecule has 1 N–H and O–H groups in total. The molecule has 0 unspecified atom stereocenters. The molecule has 3 heteroatoms. The van der Waals surface area contributed by atoms with Crippen LogP contribution in [0.5, 0.6) is 0 Å². The summed E-state index contributed by atoms with van der Waals surface area (Å²) in [5.41, 5.74) is 2.42. The van der Waals surface area contributed by atoms with E-state index in [0.29, 0.717) is 13.2 Å². The molecule has 0 saturated carbocycles. The minimum atomic E-state index is 0.0673. The Morgan fingerprint density at radius 2 is 1.74 bits per heavy atom. The van der Waals surface area contributed by atoms with E-state index < -0.39 is 0 Å². The third kappa shape index (κ3) is 4.20. The first-order chi connectivity index (χ1) is 11.3. The van der Waals surface area contributed by atoms with Gasteiger partial charge in [0.05, 0.1) is 6.61 Å². The summed E-state index contributed by atoms with van der Waals surface area (Å²) in [4.78, 5) is 12.1. The number of nitrogens with one attached hydrogen (secondary N) is 1. The van der Waals surface area contributed by atoms with Crippen LogP contribution in [0.25, 0.3) is 0 Å². The molecule has 1 saturated heterocycles. The van der Waals surface area contributed by atoms with Crippen molar-refractivity contribution in [1.82, 2.24) is 5.32 Å². The van der Waals surface area contributed by atoms with E-state index in [4.69, 9.17) is 4.74 Å². The van der Waals surface area contributed by atoms with E-state index in [1.807, 2.05) is 36.4 Å². The first kappa shape index (κ1) is 15.8. The van der Waals surface area contributed by atoms with Crippen LogP contribution in [0.1, 0.15) is 29.9 Å². The zero-order valence-corrected chi connectivity index (χ0v) is 13.3. The fraction of sp³-hybridized carbons (Fsp3) is 0.350. The second-order valence-electron chi connectivity index (χ2n) is 6.03. The number of hydrogen-bond donors (Lipinski definition) is 1. The summed E-state index contributed by atoms with van der Waals surface area (Å²) in [6.45, 7) is 2.08. The molecule has 2 atom stereocenters. The van der Waals surface area contributed by atoms with E-state index in [-0.39, 0.29) is 17.7 Å². The van der Waals surface area contributed by atoms with Crippen LogP contribution in [-0.4, -0.2) is 19.1 Å². The van der Waals surface area contributed by atoms with Crippen LogP contribution in [-0.2, 0) is 16.1 Å². The average Bonchev–Trinajstić information content (AvgIpc) is 3.02. The van der Waals surface area contributed by atoms with Crippen molar-refractivity contribution in [3.63, 3.8) is 0 Å². The van der Waals surface area contributed by atoms with Crippen molar-refractivity contribution in [2.75, 3.05) is 13.2 Å². The second-order valence-corrected chi connectivity index (χ2v) is 6.03. The molecule has 1 aliphatic rings. The van der Waals surface area contributed by atoms with Gasteiger partial charge in [0, 0.05) is 19.1 Å². The van der Waals surface area contributed by atoms with Crippen LogP contribution in [0.4, 0.5) is 0 Å². The molecule has 0 radical (unpaired) electrons. The molecule has 0 aliphatic carbocycles. The number of benzene rings is 2. The van der Waals surface area contributed by atoms with Crippen molar-refractivity contribution in [2.45, 2.75) is 25.4 Å². The lowest BCUT2D eigenvalue weighted by molar-refractivity contribution is -0.123. The van der Waals surface area contributed by atoms with E-state index in [0.717, 1.165) is 19.4 Å². The van der Waals surface area contributed by atoms with Gasteiger partial charge in [0.1, 0.15) is 0 Å². The van der Waals surface area contributed by atoms with Gasteiger partial charge in [-0.2, -0.15) is 0 Å². The molecule has 1 heterocycles. The Hall–Kier alpha value is -2.13. The fourth-order valence-corrected chi connectivity index (χ4v) is 3.27. The molecule has 1 aliphatic heterocycles. The Morgan fingerprint density at radius 3 is 2.39 bits per heavy atom. The Bertz CT molecular complexity index is 612. The Kier molecular flexibility index (Phi) is 5.43. The summed E-state index contributed by atoms with van der Waals surface area (Å²) >= 11 is 0. The topological polar surface area (TPSA) is 38.3 Å². The molecule has 2 aromatic rings. The zero-order chi connectivity index (χ0) is 15.9. The van der Waals surface area contributed by atoms with E-state index in [9.17, 15) is 4.79 Å². The van der Waals surface area contributed by atoms with Crippen molar-refractivity contribution in [3.8, 4) is 0 Å². The number of carbonyl (C=O) groups is 1. The van der Waals surface area contributed by atoms with Gasteiger partial charge in [-0.25, -0.2) is 0 Å². The Labute approximate surface area is 137 Å². The van der Waals surface area contributed by atoms with E-state index >= 15 is 0 Å². The molecule has 23 heavy (non-hydrogen) atoms. The van der Waals surface area contributed by atoms with Crippen LogP contribution in [0.3, 0.4) is 0 Å². The lowest BCUT2D eigenvalue weighted by Crippen LogP contribution is -2.24. The highest BCUT2D eigenvalue weighted by Crippen LogP contribution is 2.32. The van der Waals surface area contributed by atoms with Crippen molar-refractivity contribution in [1.29, 1.82) is 0 Å². The molecule has 1 fully saturated rings. The summed E-state index contributed by atoms with van der Waals surface area (Å²) in [6.07, 6.45) is 1.78. The molecular formula is C20H23NO2. The molecule has 0 bridgehead atoms. The zero-order valence-electron chi connectivity index (χ0n) is 13.3. The molecule has 0 aromatic heterocycles. The van der Waals surface area contributed by atoms with Gasteiger partial charge in [-0.1, -0.05) is 60.7 Å². The van der Waals surface area contributed by atoms with Gasteiger partial charge in [0.25, 0.3) is 0 Å². The van der Waals surface area contributed by atoms with E-state index in [1.165, 1.54) is 11.1 Å². The first-order valence-electron chi connectivity index (χ1n) is 8.29. The maximum Gasteiger partial charge on any atom is 0.223 e. The maximum atomic E-state index is 12.1. The summed E-state index contributed by atoms with van der Waals surface area (Å²) in [6, 6.07) is 20.5. The Balaban J connectivity index is 1.59. The minimum Gasteiger partial charge on any atom is -0.377 e. The Morgan fingerprint density at radius 1 is 1.04 bits per heavy atom. The summed E-state index contributed by atoms with van der Waals surface area (Å²) in [5.74, 6) is 0.481. The van der Waals surface area contributed by atoms with Crippen LogP contribution in [0.2, 0.25) is 0 Å². The highest BCUT2D eigenvalue weighted by atomic mass is 16.5. The molecule has 2 aromatic carbocycles. The van der Waals surface area contributed by atoms with Gasteiger partial charge in [-0.3, -0.25) is 4.79 Å². The number of amides is 1. The highest BCUT2D eigenvalue weighted by Gasteiger charge is 2.32. The number of rotatable bonds is 7. The predicted octanol–water partition coefficient (Wildman–Crippen LogP) is 3.51. The summed E-state index contributed by atoms with van der Waals surface area (Å²) in [5, 5.41) is 2.96. The monoisotopic (exact) mass is 309 g/mol. The molecular weight excluding hydrogens is 286 g/mol. The molecule has 1 amide bonds. The molecule has 0 spiro atoms. The molecule has 3 nitrogen and oxygen atoms in total. The van der Waals surface area contributed by atoms with E-state index in [1.54, 1.807) is 0 Å².